The number of aliphatic hydroxyl groups is 1. The second-order valence-corrected chi connectivity index (χ2v) is 5.16. The summed E-state index contributed by atoms with van der Waals surface area (Å²) in [5.41, 5.74) is -0.324. The molecule has 1 aliphatic heterocycles. The van der Waals surface area contributed by atoms with E-state index in [2.05, 4.69) is 0 Å². The van der Waals surface area contributed by atoms with Crippen LogP contribution < -0.4 is 4.90 Å². The Morgan fingerprint density at radius 3 is 2.76 bits per heavy atom. The molecular formula is C15H20F3NO2. The number of alkyl halides is 3. The molecule has 3 nitrogen and oxygen atoms in total. The van der Waals surface area contributed by atoms with Gasteiger partial charge in [-0.3, -0.25) is 0 Å². The molecule has 0 bridgehead atoms. The maximum atomic E-state index is 13.0. The van der Waals surface area contributed by atoms with Crippen LogP contribution in [-0.2, 0) is 17.5 Å². The minimum atomic E-state index is -4.46. The summed E-state index contributed by atoms with van der Waals surface area (Å²) in [6.45, 7) is 3.23. The molecule has 0 aromatic heterocycles. The fourth-order valence-electron chi connectivity index (χ4n) is 2.71. The van der Waals surface area contributed by atoms with Crippen molar-refractivity contribution < 1.29 is 23.0 Å². The Kier molecular flexibility index (Phi) is 5.11. The predicted molar refractivity (Wildman–Crippen MR) is 74.2 cm³/mol. The SMILES string of the molecule is CCOC1CCCN(c2ccc(CO)c(C(F)(F)F)c2)C1. The zero-order valence-corrected chi connectivity index (χ0v) is 12.0. The second-order valence-electron chi connectivity index (χ2n) is 5.16. The maximum absolute atomic E-state index is 13.0. The molecule has 1 aromatic rings. The molecule has 1 aliphatic rings. The molecule has 0 spiro atoms. The van der Waals surface area contributed by atoms with E-state index in [9.17, 15) is 13.2 Å². The first kappa shape index (κ1) is 16.1. The molecule has 1 atom stereocenters. The number of benzene rings is 1. The van der Waals surface area contributed by atoms with Crippen molar-refractivity contribution in [3.8, 4) is 0 Å². The molecule has 1 heterocycles. The number of nitrogens with zero attached hydrogens (tertiary/aromatic N) is 1. The Hall–Kier alpha value is -1.27. The smallest absolute Gasteiger partial charge is 0.392 e. The van der Waals surface area contributed by atoms with Crippen LogP contribution in [0.25, 0.3) is 0 Å². The predicted octanol–water partition coefficient (Wildman–Crippen LogP) is 3.20. The van der Waals surface area contributed by atoms with Crippen LogP contribution in [0.3, 0.4) is 0 Å². The van der Waals surface area contributed by atoms with Crippen LogP contribution in [0.4, 0.5) is 18.9 Å². The number of hydrogen-bond acceptors (Lipinski definition) is 3. The van der Waals surface area contributed by atoms with Gasteiger partial charge in [0.1, 0.15) is 0 Å². The summed E-state index contributed by atoms with van der Waals surface area (Å²) < 4.78 is 44.7. The molecule has 1 N–H and O–H groups in total. The van der Waals surface area contributed by atoms with Gasteiger partial charge < -0.3 is 14.7 Å². The van der Waals surface area contributed by atoms with Crippen LogP contribution in [0.1, 0.15) is 30.9 Å². The van der Waals surface area contributed by atoms with E-state index in [0.717, 1.165) is 25.5 Å². The van der Waals surface area contributed by atoms with Crippen LogP contribution >= 0.6 is 0 Å². The normalized spacial score (nSPS) is 19.9. The number of anilines is 1. The third kappa shape index (κ3) is 3.89. The zero-order chi connectivity index (χ0) is 15.5. The van der Waals surface area contributed by atoms with Gasteiger partial charge in [0.15, 0.2) is 0 Å². The topological polar surface area (TPSA) is 32.7 Å². The number of aliphatic hydroxyl groups excluding tert-OH is 1. The Morgan fingerprint density at radius 1 is 1.38 bits per heavy atom. The Morgan fingerprint density at radius 2 is 2.14 bits per heavy atom. The monoisotopic (exact) mass is 303 g/mol. The molecule has 0 amide bonds. The second kappa shape index (κ2) is 6.66. The highest BCUT2D eigenvalue weighted by atomic mass is 19.4. The van der Waals surface area contributed by atoms with Gasteiger partial charge >= 0.3 is 6.18 Å². The Labute approximate surface area is 122 Å². The highest BCUT2D eigenvalue weighted by molar-refractivity contribution is 5.52. The molecule has 0 aliphatic carbocycles. The van der Waals surface area contributed by atoms with Crippen molar-refractivity contribution in [2.24, 2.45) is 0 Å². The highest BCUT2D eigenvalue weighted by Gasteiger charge is 2.34. The summed E-state index contributed by atoms with van der Waals surface area (Å²) in [6.07, 6.45) is -2.56. The van der Waals surface area contributed by atoms with E-state index >= 15 is 0 Å². The zero-order valence-electron chi connectivity index (χ0n) is 12.0. The van der Waals surface area contributed by atoms with Crippen molar-refractivity contribution in [1.82, 2.24) is 0 Å². The van der Waals surface area contributed by atoms with Crippen LogP contribution in [0, 0.1) is 0 Å². The van der Waals surface area contributed by atoms with Crippen LogP contribution in [-0.4, -0.2) is 30.9 Å². The molecule has 0 radical (unpaired) electrons. The third-order valence-corrected chi connectivity index (χ3v) is 3.71. The number of halogens is 3. The maximum Gasteiger partial charge on any atom is 0.416 e. The Bertz CT molecular complexity index is 474. The Balaban J connectivity index is 2.24. The first-order valence-corrected chi connectivity index (χ1v) is 7.13. The first-order valence-electron chi connectivity index (χ1n) is 7.13. The van der Waals surface area contributed by atoms with E-state index in [0.29, 0.717) is 18.8 Å². The molecule has 1 fully saturated rings. The van der Waals surface area contributed by atoms with Crippen molar-refractivity contribution in [3.05, 3.63) is 29.3 Å². The van der Waals surface area contributed by atoms with Gasteiger partial charge in [0.05, 0.1) is 18.3 Å². The minimum Gasteiger partial charge on any atom is -0.392 e. The average molecular weight is 303 g/mol. The summed E-state index contributed by atoms with van der Waals surface area (Å²) in [4.78, 5) is 1.92. The summed E-state index contributed by atoms with van der Waals surface area (Å²) >= 11 is 0. The van der Waals surface area contributed by atoms with Gasteiger partial charge in [0.2, 0.25) is 0 Å². The first-order chi connectivity index (χ1) is 9.95. The molecule has 1 aromatic carbocycles. The summed E-state index contributed by atoms with van der Waals surface area (Å²) in [6, 6.07) is 4.11. The van der Waals surface area contributed by atoms with E-state index < -0.39 is 18.3 Å². The third-order valence-electron chi connectivity index (χ3n) is 3.71. The molecule has 2 rings (SSSR count). The van der Waals surface area contributed by atoms with Crippen LogP contribution in [0.2, 0.25) is 0 Å². The summed E-state index contributed by atoms with van der Waals surface area (Å²) in [7, 11) is 0. The van der Waals surface area contributed by atoms with Crippen LogP contribution in [0.5, 0.6) is 0 Å². The van der Waals surface area contributed by atoms with Gasteiger partial charge in [-0.2, -0.15) is 13.2 Å². The van der Waals surface area contributed by atoms with Crippen molar-refractivity contribution in [2.75, 3.05) is 24.6 Å². The van der Waals surface area contributed by atoms with Crippen molar-refractivity contribution in [2.45, 2.75) is 38.7 Å². The number of ether oxygens (including phenoxy) is 1. The van der Waals surface area contributed by atoms with Gasteiger partial charge in [-0.15, -0.1) is 0 Å². The van der Waals surface area contributed by atoms with Gasteiger partial charge in [-0.1, -0.05) is 6.07 Å². The lowest BCUT2D eigenvalue weighted by Gasteiger charge is -2.34. The van der Waals surface area contributed by atoms with Crippen LogP contribution in [0.15, 0.2) is 18.2 Å². The average Bonchev–Trinajstić information content (AvgIpc) is 2.46. The van der Waals surface area contributed by atoms with E-state index in [4.69, 9.17) is 9.84 Å². The van der Waals surface area contributed by atoms with Gasteiger partial charge in [-0.25, -0.2) is 0 Å². The lowest BCUT2D eigenvalue weighted by molar-refractivity contribution is -0.138. The molecule has 1 saturated heterocycles. The quantitative estimate of drug-likeness (QED) is 0.927. The molecule has 1 unspecified atom stereocenters. The van der Waals surface area contributed by atoms with Crippen molar-refractivity contribution in [3.63, 3.8) is 0 Å². The molecule has 0 saturated carbocycles. The van der Waals surface area contributed by atoms with Crippen molar-refractivity contribution in [1.29, 1.82) is 0 Å². The molecule has 6 heteroatoms. The fourth-order valence-corrected chi connectivity index (χ4v) is 2.71. The van der Waals surface area contributed by atoms with Gasteiger partial charge in [0.25, 0.3) is 0 Å². The lowest BCUT2D eigenvalue weighted by atomic mass is 10.0. The van der Waals surface area contributed by atoms with E-state index in [-0.39, 0.29) is 11.7 Å². The highest BCUT2D eigenvalue weighted by Crippen LogP contribution is 2.35. The molecule has 118 valence electrons. The summed E-state index contributed by atoms with van der Waals surface area (Å²) in [5.74, 6) is 0. The van der Waals surface area contributed by atoms with Gasteiger partial charge in [-0.05, 0) is 37.5 Å². The van der Waals surface area contributed by atoms with E-state index in [1.54, 1.807) is 6.07 Å². The molecular weight excluding hydrogens is 283 g/mol. The molecule has 21 heavy (non-hydrogen) atoms. The standard InChI is InChI=1S/C15H20F3NO2/c1-2-21-13-4-3-7-19(9-13)12-6-5-11(10-20)14(8-12)15(16,17)18/h5-6,8,13,20H,2-4,7,9-10H2,1H3. The largest absolute Gasteiger partial charge is 0.416 e. The van der Waals surface area contributed by atoms with Gasteiger partial charge in [0, 0.05) is 25.4 Å². The lowest BCUT2D eigenvalue weighted by Crippen LogP contribution is -2.39. The fraction of sp³-hybridized carbons (Fsp3) is 0.600. The summed E-state index contributed by atoms with van der Waals surface area (Å²) in [5, 5.41) is 9.06. The van der Waals surface area contributed by atoms with E-state index in [1.807, 2.05) is 11.8 Å². The number of piperidine rings is 1. The minimum absolute atomic E-state index is 0.0654. The van der Waals surface area contributed by atoms with E-state index in [1.165, 1.54) is 6.07 Å². The number of rotatable bonds is 4. The van der Waals surface area contributed by atoms with Crippen molar-refractivity contribution >= 4 is 5.69 Å². The number of hydrogen-bond donors (Lipinski definition) is 1.